The first kappa shape index (κ1) is 15.9. The van der Waals surface area contributed by atoms with E-state index in [0.717, 1.165) is 0 Å². The minimum atomic E-state index is -1.00. The minimum Gasteiger partial charge on any atom is -0.494 e. The van der Waals surface area contributed by atoms with E-state index in [1.807, 2.05) is 6.92 Å². The summed E-state index contributed by atoms with van der Waals surface area (Å²) in [5.74, 6) is 0.0112. The fourth-order valence-corrected chi connectivity index (χ4v) is 3.41. The molecular formula is C14H19FN2O3S. The molecule has 21 heavy (non-hydrogen) atoms. The topological polar surface area (TPSA) is 58.6 Å². The van der Waals surface area contributed by atoms with Crippen molar-refractivity contribution in [1.82, 2.24) is 10.2 Å². The SMILES string of the molecule is COc1ccc(C2NCC(=O)N2C(C)CS(C)=O)cc1F. The summed E-state index contributed by atoms with van der Waals surface area (Å²) in [4.78, 5) is 13.7. The van der Waals surface area contributed by atoms with E-state index in [1.54, 1.807) is 17.2 Å². The highest BCUT2D eigenvalue weighted by atomic mass is 32.2. The average Bonchev–Trinajstić information content (AvgIpc) is 2.79. The molecule has 0 radical (unpaired) electrons. The number of methoxy groups -OCH3 is 1. The summed E-state index contributed by atoms with van der Waals surface area (Å²) in [7, 11) is 0.400. The number of ether oxygens (including phenoxy) is 1. The zero-order valence-electron chi connectivity index (χ0n) is 12.3. The van der Waals surface area contributed by atoms with Crippen LogP contribution in [-0.4, -0.2) is 46.7 Å². The van der Waals surface area contributed by atoms with Gasteiger partial charge in [-0.1, -0.05) is 6.07 Å². The Labute approximate surface area is 125 Å². The van der Waals surface area contributed by atoms with Crippen molar-refractivity contribution in [1.29, 1.82) is 0 Å². The second-order valence-electron chi connectivity index (χ2n) is 5.07. The van der Waals surface area contributed by atoms with E-state index in [1.165, 1.54) is 19.2 Å². The number of halogens is 1. The lowest BCUT2D eigenvalue weighted by atomic mass is 10.1. The number of rotatable bonds is 5. The third-order valence-corrected chi connectivity index (χ3v) is 4.41. The number of hydrogen-bond donors (Lipinski definition) is 1. The molecule has 1 heterocycles. The van der Waals surface area contributed by atoms with Crippen molar-refractivity contribution in [2.24, 2.45) is 0 Å². The van der Waals surface area contributed by atoms with Gasteiger partial charge in [-0.05, 0) is 24.6 Å². The van der Waals surface area contributed by atoms with Crippen LogP contribution in [0.25, 0.3) is 0 Å². The molecule has 0 bridgehead atoms. The number of nitrogens with one attached hydrogen (secondary N) is 1. The molecule has 1 amide bonds. The highest BCUT2D eigenvalue weighted by Crippen LogP contribution is 2.28. The molecule has 1 saturated heterocycles. The maximum Gasteiger partial charge on any atom is 0.238 e. The predicted molar refractivity (Wildman–Crippen MR) is 78.9 cm³/mol. The van der Waals surface area contributed by atoms with E-state index < -0.39 is 22.8 Å². The lowest BCUT2D eigenvalue weighted by Crippen LogP contribution is -2.40. The second kappa shape index (κ2) is 6.53. The molecule has 3 atom stereocenters. The number of benzene rings is 1. The van der Waals surface area contributed by atoms with Crippen molar-refractivity contribution in [3.05, 3.63) is 29.6 Å². The molecule has 0 saturated carbocycles. The summed E-state index contributed by atoms with van der Waals surface area (Å²) < 4.78 is 30.1. The number of hydrogen-bond acceptors (Lipinski definition) is 4. The van der Waals surface area contributed by atoms with E-state index in [-0.39, 0.29) is 24.2 Å². The molecule has 1 N–H and O–H groups in total. The van der Waals surface area contributed by atoms with Crippen molar-refractivity contribution >= 4 is 16.7 Å². The van der Waals surface area contributed by atoms with Crippen LogP contribution in [0.15, 0.2) is 18.2 Å². The molecule has 1 fully saturated rings. The van der Waals surface area contributed by atoms with Gasteiger partial charge in [-0.15, -0.1) is 0 Å². The zero-order chi connectivity index (χ0) is 15.6. The van der Waals surface area contributed by atoms with Gasteiger partial charge in [0.1, 0.15) is 6.17 Å². The van der Waals surface area contributed by atoms with Crippen LogP contribution in [0.4, 0.5) is 4.39 Å². The molecule has 2 rings (SSSR count). The molecule has 1 aromatic rings. The molecule has 3 unspecified atom stereocenters. The van der Waals surface area contributed by atoms with Gasteiger partial charge in [0.2, 0.25) is 5.91 Å². The summed E-state index contributed by atoms with van der Waals surface area (Å²) in [6.07, 6.45) is 1.20. The van der Waals surface area contributed by atoms with Crippen LogP contribution in [0.1, 0.15) is 18.7 Å². The Balaban J connectivity index is 2.26. The maximum absolute atomic E-state index is 13.8. The van der Waals surface area contributed by atoms with Gasteiger partial charge in [0.15, 0.2) is 11.6 Å². The molecule has 0 aromatic heterocycles. The van der Waals surface area contributed by atoms with Crippen molar-refractivity contribution in [3.8, 4) is 5.75 Å². The molecule has 1 aliphatic heterocycles. The molecule has 1 aromatic carbocycles. The van der Waals surface area contributed by atoms with E-state index in [0.29, 0.717) is 11.3 Å². The summed E-state index contributed by atoms with van der Waals surface area (Å²) in [5, 5.41) is 3.06. The fraction of sp³-hybridized carbons (Fsp3) is 0.500. The van der Waals surface area contributed by atoms with Gasteiger partial charge < -0.3 is 9.64 Å². The number of carbonyl (C=O) groups excluding carboxylic acids is 1. The monoisotopic (exact) mass is 314 g/mol. The maximum atomic E-state index is 13.8. The third kappa shape index (κ3) is 3.41. The lowest BCUT2D eigenvalue weighted by molar-refractivity contribution is -0.129. The van der Waals surface area contributed by atoms with Crippen LogP contribution in [-0.2, 0) is 15.6 Å². The Bertz CT molecular complexity index is 567. The first-order valence-electron chi connectivity index (χ1n) is 6.62. The quantitative estimate of drug-likeness (QED) is 0.882. The highest BCUT2D eigenvalue weighted by molar-refractivity contribution is 7.84. The molecule has 1 aliphatic rings. The number of amides is 1. The van der Waals surface area contributed by atoms with Crippen LogP contribution >= 0.6 is 0 Å². The van der Waals surface area contributed by atoms with E-state index in [4.69, 9.17) is 4.74 Å². The third-order valence-electron chi connectivity index (χ3n) is 3.46. The molecule has 7 heteroatoms. The average molecular weight is 314 g/mol. The van der Waals surface area contributed by atoms with Crippen LogP contribution in [0.2, 0.25) is 0 Å². The summed E-state index contributed by atoms with van der Waals surface area (Å²) in [6, 6.07) is 4.43. The van der Waals surface area contributed by atoms with Gasteiger partial charge >= 0.3 is 0 Å². The van der Waals surface area contributed by atoms with E-state index in [9.17, 15) is 13.4 Å². The van der Waals surface area contributed by atoms with Crippen molar-refractivity contribution in [2.75, 3.05) is 25.7 Å². The van der Waals surface area contributed by atoms with Crippen LogP contribution in [0, 0.1) is 5.82 Å². The van der Waals surface area contributed by atoms with Gasteiger partial charge in [-0.2, -0.15) is 0 Å². The Morgan fingerprint density at radius 2 is 2.29 bits per heavy atom. The van der Waals surface area contributed by atoms with Crippen molar-refractivity contribution in [3.63, 3.8) is 0 Å². The van der Waals surface area contributed by atoms with Gasteiger partial charge in [0, 0.05) is 28.9 Å². The van der Waals surface area contributed by atoms with Crippen LogP contribution in [0.5, 0.6) is 5.75 Å². The summed E-state index contributed by atoms with van der Waals surface area (Å²) in [6.45, 7) is 2.04. The van der Waals surface area contributed by atoms with E-state index in [2.05, 4.69) is 5.32 Å². The first-order valence-corrected chi connectivity index (χ1v) is 8.34. The highest BCUT2D eigenvalue weighted by Gasteiger charge is 2.35. The molecule has 5 nitrogen and oxygen atoms in total. The standard InChI is InChI=1S/C14H19FN2O3S/c1-9(8-21(3)19)17-13(18)7-16-14(17)10-4-5-12(20-2)11(15)6-10/h4-6,9,14,16H,7-8H2,1-3H3. The largest absolute Gasteiger partial charge is 0.494 e. The van der Waals surface area contributed by atoms with Crippen LogP contribution < -0.4 is 10.1 Å². The first-order chi connectivity index (χ1) is 9.93. The predicted octanol–water partition coefficient (Wildman–Crippen LogP) is 1.03. The molecule has 0 spiro atoms. The van der Waals surface area contributed by atoms with Gasteiger partial charge in [-0.3, -0.25) is 14.3 Å². The van der Waals surface area contributed by atoms with Gasteiger partial charge in [0.25, 0.3) is 0 Å². The van der Waals surface area contributed by atoms with E-state index >= 15 is 0 Å². The van der Waals surface area contributed by atoms with Gasteiger partial charge in [0.05, 0.1) is 13.7 Å². The summed E-state index contributed by atoms with van der Waals surface area (Å²) in [5.41, 5.74) is 0.646. The smallest absolute Gasteiger partial charge is 0.238 e. The second-order valence-corrected chi connectivity index (χ2v) is 6.55. The number of carbonyl (C=O) groups is 1. The normalized spacial score (nSPS) is 21.4. The lowest BCUT2D eigenvalue weighted by Gasteiger charge is -2.30. The van der Waals surface area contributed by atoms with Crippen LogP contribution in [0.3, 0.4) is 0 Å². The van der Waals surface area contributed by atoms with Gasteiger partial charge in [-0.25, -0.2) is 4.39 Å². The molecule has 0 aliphatic carbocycles. The minimum absolute atomic E-state index is 0.0748. The molecular weight excluding hydrogens is 295 g/mol. The summed E-state index contributed by atoms with van der Waals surface area (Å²) >= 11 is 0. The Hall–Kier alpha value is -1.47. The fourth-order valence-electron chi connectivity index (χ4n) is 2.57. The Kier molecular flexibility index (Phi) is 4.95. The van der Waals surface area contributed by atoms with Crippen molar-refractivity contribution in [2.45, 2.75) is 19.1 Å². The zero-order valence-corrected chi connectivity index (χ0v) is 13.1. The van der Waals surface area contributed by atoms with Crippen molar-refractivity contribution < 1.29 is 18.1 Å². The Morgan fingerprint density at radius 1 is 1.57 bits per heavy atom. The number of nitrogens with zero attached hydrogens (tertiary/aromatic N) is 1. The molecule has 116 valence electrons. The Morgan fingerprint density at radius 3 is 2.86 bits per heavy atom.